The van der Waals surface area contributed by atoms with E-state index in [0.717, 1.165) is 6.54 Å². The molecule has 0 saturated carbocycles. The molecule has 0 bridgehead atoms. The minimum Gasteiger partial charge on any atom is -0.273 e. The van der Waals surface area contributed by atoms with E-state index in [1.54, 1.807) is 0 Å². The molecule has 0 aliphatic rings. The van der Waals surface area contributed by atoms with Gasteiger partial charge in [-0.1, -0.05) is 29.8 Å². The van der Waals surface area contributed by atoms with Crippen LogP contribution in [0.15, 0.2) is 24.3 Å². The van der Waals surface area contributed by atoms with Gasteiger partial charge in [0.2, 0.25) is 0 Å². The molecule has 0 saturated heterocycles. The Morgan fingerprint density at radius 1 is 0.950 bits per heavy atom. The van der Waals surface area contributed by atoms with Crippen molar-refractivity contribution < 1.29 is 0 Å². The lowest BCUT2D eigenvalue weighted by Gasteiger charge is -2.40. The summed E-state index contributed by atoms with van der Waals surface area (Å²) < 4.78 is 2.71. The van der Waals surface area contributed by atoms with Crippen molar-refractivity contribution in [2.24, 2.45) is 0 Å². The Balaban J connectivity index is 2.76. The number of hydrogen-bond donors (Lipinski definition) is 0. The molecule has 0 aliphatic carbocycles. The van der Waals surface area contributed by atoms with E-state index in [1.807, 2.05) is 0 Å². The highest BCUT2D eigenvalue weighted by molar-refractivity contribution is 7.59. The second-order valence-corrected chi connectivity index (χ2v) is 11.8. The lowest BCUT2D eigenvalue weighted by atomic mass is 10.1. The summed E-state index contributed by atoms with van der Waals surface area (Å²) in [6, 6.07) is 9.02. The third kappa shape index (κ3) is 6.21. The molecule has 0 amide bonds. The van der Waals surface area contributed by atoms with Gasteiger partial charge in [0.15, 0.2) is 0 Å². The van der Waals surface area contributed by atoms with Crippen molar-refractivity contribution in [3.8, 4) is 0 Å². The van der Waals surface area contributed by atoms with Gasteiger partial charge in [0.25, 0.3) is 0 Å². The zero-order valence-electron chi connectivity index (χ0n) is 14.3. The topological polar surface area (TPSA) is 3.24 Å². The Morgan fingerprint density at radius 2 is 1.50 bits per heavy atom. The second-order valence-electron chi connectivity index (χ2n) is 6.90. The van der Waals surface area contributed by atoms with Crippen molar-refractivity contribution >= 4 is 16.0 Å². The molecule has 1 aromatic carbocycles. The normalized spacial score (nSPS) is 14.1. The SMILES string of the molecule is Cc1ccc(CN(P(C)CCP(C)C)C(C)(C)C)cc1. The summed E-state index contributed by atoms with van der Waals surface area (Å²) in [5.74, 6) is 0. The molecule has 1 unspecified atom stereocenters. The van der Waals surface area contributed by atoms with Crippen molar-refractivity contribution in [3.05, 3.63) is 35.4 Å². The summed E-state index contributed by atoms with van der Waals surface area (Å²) in [4.78, 5) is 0. The van der Waals surface area contributed by atoms with Gasteiger partial charge in [-0.25, -0.2) is 0 Å². The molecule has 1 nitrogen and oxygen atoms in total. The Labute approximate surface area is 128 Å². The van der Waals surface area contributed by atoms with Gasteiger partial charge in [-0.2, -0.15) is 0 Å². The van der Waals surface area contributed by atoms with Crippen molar-refractivity contribution in [3.63, 3.8) is 0 Å². The van der Waals surface area contributed by atoms with Crippen LogP contribution < -0.4 is 0 Å². The zero-order chi connectivity index (χ0) is 15.3. The van der Waals surface area contributed by atoms with E-state index in [2.05, 4.69) is 76.6 Å². The Hall–Kier alpha value is 0.0400. The van der Waals surface area contributed by atoms with Crippen LogP contribution in [0.25, 0.3) is 0 Å². The summed E-state index contributed by atoms with van der Waals surface area (Å²) in [6.07, 6.45) is 2.77. The van der Waals surface area contributed by atoms with E-state index < -0.39 is 0 Å². The molecular weight excluding hydrogens is 280 g/mol. The molecule has 0 radical (unpaired) electrons. The van der Waals surface area contributed by atoms with E-state index in [1.165, 1.54) is 23.5 Å². The lowest BCUT2D eigenvalue weighted by molar-refractivity contribution is 0.257. The number of hydrogen-bond acceptors (Lipinski definition) is 1. The van der Waals surface area contributed by atoms with Crippen molar-refractivity contribution in [1.29, 1.82) is 0 Å². The monoisotopic (exact) mass is 311 g/mol. The number of rotatable bonds is 6. The molecule has 0 aromatic heterocycles. The molecule has 1 atom stereocenters. The fourth-order valence-electron chi connectivity index (χ4n) is 2.20. The van der Waals surface area contributed by atoms with Crippen LogP contribution in [0.1, 0.15) is 31.9 Å². The molecule has 0 aliphatic heterocycles. The van der Waals surface area contributed by atoms with Crippen LogP contribution in [0.5, 0.6) is 0 Å². The van der Waals surface area contributed by atoms with Gasteiger partial charge in [0, 0.05) is 12.1 Å². The van der Waals surface area contributed by atoms with Crippen molar-refractivity contribution in [2.75, 3.05) is 32.3 Å². The van der Waals surface area contributed by atoms with Gasteiger partial charge in [-0.15, -0.1) is 7.92 Å². The summed E-state index contributed by atoms with van der Waals surface area (Å²) in [6.45, 7) is 17.5. The van der Waals surface area contributed by atoms with Gasteiger partial charge in [-0.3, -0.25) is 4.67 Å². The smallest absolute Gasteiger partial charge is 0.0278 e. The van der Waals surface area contributed by atoms with E-state index >= 15 is 0 Å². The van der Waals surface area contributed by atoms with Gasteiger partial charge in [0.1, 0.15) is 0 Å². The molecule has 114 valence electrons. The fourth-order valence-corrected chi connectivity index (χ4v) is 6.63. The molecule has 0 fully saturated rings. The quantitative estimate of drug-likeness (QED) is 0.639. The highest BCUT2D eigenvalue weighted by Crippen LogP contribution is 2.45. The number of benzene rings is 1. The molecule has 3 heteroatoms. The van der Waals surface area contributed by atoms with E-state index in [4.69, 9.17) is 0 Å². The zero-order valence-corrected chi connectivity index (χ0v) is 16.1. The fraction of sp³-hybridized carbons (Fsp3) is 0.647. The highest BCUT2D eigenvalue weighted by atomic mass is 31.1. The number of aryl methyl sites for hydroxylation is 1. The van der Waals surface area contributed by atoms with Crippen LogP contribution in [0.3, 0.4) is 0 Å². The van der Waals surface area contributed by atoms with Gasteiger partial charge in [0.05, 0.1) is 0 Å². The first-order valence-corrected chi connectivity index (χ1v) is 11.7. The molecule has 20 heavy (non-hydrogen) atoms. The van der Waals surface area contributed by atoms with Crippen LogP contribution in [0, 0.1) is 6.92 Å². The molecular formula is C17H31NP2. The van der Waals surface area contributed by atoms with Crippen LogP contribution in [-0.2, 0) is 6.54 Å². The molecule has 1 aromatic rings. The minimum atomic E-state index is -0.0464. The summed E-state index contributed by atoms with van der Waals surface area (Å²) in [5.41, 5.74) is 3.03. The first-order chi connectivity index (χ1) is 9.20. The van der Waals surface area contributed by atoms with Crippen LogP contribution in [0.2, 0.25) is 0 Å². The van der Waals surface area contributed by atoms with Crippen LogP contribution in [0.4, 0.5) is 0 Å². The second kappa shape index (κ2) is 7.88. The predicted octanol–water partition coefficient (Wildman–Crippen LogP) is 5.36. The van der Waals surface area contributed by atoms with Crippen LogP contribution in [-0.4, -0.2) is 42.5 Å². The lowest BCUT2D eigenvalue weighted by Crippen LogP contribution is -2.37. The maximum atomic E-state index is 2.71. The third-order valence-electron chi connectivity index (χ3n) is 3.51. The molecule has 0 N–H and O–H groups in total. The number of nitrogens with zero attached hydrogens (tertiary/aromatic N) is 1. The Morgan fingerprint density at radius 3 is 1.95 bits per heavy atom. The third-order valence-corrected chi connectivity index (χ3v) is 7.42. The minimum absolute atomic E-state index is 0.0464. The maximum Gasteiger partial charge on any atom is 0.0278 e. The standard InChI is InChI=1S/C17H31NP2/c1-15-8-10-16(11-9-15)14-18(17(2,3)4)20(7)13-12-19(5)6/h8-11H,12-14H2,1-7H3. The van der Waals surface area contributed by atoms with E-state index in [9.17, 15) is 0 Å². The maximum absolute atomic E-state index is 2.71. The average molecular weight is 311 g/mol. The summed E-state index contributed by atoms with van der Waals surface area (Å²) in [7, 11) is 0.186. The highest BCUT2D eigenvalue weighted by Gasteiger charge is 2.26. The largest absolute Gasteiger partial charge is 0.273 e. The van der Waals surface area contributed by atoms with Gasteiger partial charge < -0.3 is 0 Å². The molecule has 0 spiro atoms. The average Bonchev–Trinajstić information content (AvgIpc) is 2.33. The first-order valence-electron chi connectivity index (χ1n) is 7.39. The summed E-state index contributed by atoms with van der Waals surface area (Å²) in [5, 5.41) is 0. The van der Waals surface area contributed by atoms with Crippen LogP contribution >= 0.6 is 16.0 Å². The van der Waals surface area contributed by atoms with Crippen molar-refractivity contribution in [1.82, 2.24) is 4.67 Å². The Bertz CT molecular complexity index is 392. The van der Waals surface area contributed by atoms with Gasteiger partial charge in [-0.05, 0) is 73.6 Å². The van der Waals surface area contributed by atoms with Gasteiger partial charge >= 0.3 is 0 Å². The predicted molar refractivity (Wildman–Crippen MR) is 97.8 cm³/mol. The van der Waals surface area contributed by atoms with Crippen molar-refractivity contribution in [2.45, 2.75) is 39.8 Å². The molecule has 0 heterocycles. The Kier molecular flexibility index (Phi) is 7.13. The first kappa shape index (κ1) is 18.1. The van der Waals surface area contributed by atoms with E-state index in [0.29, 0.717) is 0 Å². The van der Waals surface area contributed by atoms with E-state index in [-0.39, 0.29) is 21.5 Å². The summed E-state index contributed by atoms with van der Waals surface area (Å²) >= 11 is 0. The molecule has 1 rings (SSSR count).